The van der Waals surface area contributed by atoms with Gasteiger partial charge in [0.2, 0.25) is 0 Å². The van der Waals surface area contributed by atoms with E-state index in [0.717, 1.165) is 5.56 Å². The molecule has 18 heavy (non-hydrogen) atoms. The van der Waals surface area contributed by atoms with E-state index in [-0.39, 0.29) is 0 Å². The number of hydrogen-bond acceptors (Lipinski definition) is 1. The molecule has 0 bridgehead atoms. The Kier molecular flexibility index (Phi) is 3.64. The monoisotopic (exact) mass is 260 g/mol. The van der Waals surface area contributed by atoms with E-state index in [1.165, 1.54) is 22.3 Å². The number of benzene rings is 2. The molecule has 1 unspecified atom stereocenters. The minimum atomic E-state index is -1.91. The first-order valence-electron chi connectivity index (χ1n) is 5.78. The van der Waals surface area contributed by atoms with Crippen LogP contribution < -0.4 is 0 Å². The second-order valence-electron chi connectivity index (χ2n) is 4.55. The summed E-state index contributed by atoms with van der Waals surface area (Å²) in [7, 11) is 0. The van der Waals surface area contributed by atoms with E-state index < -0.39 is 11.1 Å². The Morgan fingerprint density at radius 2 is 1.44 bits per heavy atom. The zero-order chi connectivity index (χ0) is 13.3. The van der Waals surface area contributed by atoms with Crippen LogP contribution in [0.15, 0.2) is 41.3 Å². The molecule has 0 fully saturated rings. The second-order valence-corrected chi connectivity index (χ2v) is 5.52. The molecule has 0 aliphatic rings. The Labute approximate surface area is 110 Å². The minimum Gasteiger partial charge on any atom is -0.302 e. The summed E-state index contributed by atoms with van der Waals surface area (Å²) < 4.78 is 19.9. The van der Waals surface area contributed by atoms with E-state index in [4.69, 9.17) is 4.55 Å². The van der Waals surface area contributed by atoms with Crippen molar-refractivity contribution >= 4 is 11.1 Å². The Balaban J connectivity index is 2.52. The smallest absolute Gasteiger partial charge is 0.186 e. The van der Waals surface area contributed by atoms with Crippen molar-refractivity contribution in [3.63, 3.8) is 0 Å². The van der Waals surface area contributed by atoms with Gasteiger partial charge in [-0.3, -0.25) is 0 Å². The summed E-state index contributed by atoms with van der Waals surface area (Å²) in [6.45, 7) is 6.27. The van der Waals surface area contributed by atoms with E-state index in [1.807, 2.05) is 12.1 Å². The topological polar surface area (TPSA) is 37.3 Å². The van der Waals surface area contributed by atoms with Crippen LogP contribution in [0.4, 0.5) is 0 Å². The minimum absolute atomic E-state index is 0.432. The van der Waals surface area contributed by atoms with Gasteiger partial charge in [-0.05, 0) is 55.2 Å². The van der Waals surface area contributed by atoms with Crippen LogP contribution in [-0.2, 0) is 11.1 Å². The summed E-state index contributed by atoms with van der Waals surface area (Å²) >= 11 is -1.91. The summed E-state index contributed by atoms with van der Waals surface area (Å²) in [6.07, 6.45) is 0. The summed E-state index contributed by atoms with van der Waals surface area (Å²) in [5.74, 6) is 0. The average molecular weight is 260 g/mol. The lowest BCUT2D eigenvalue weighted by atomic mass is 9.94. The first kappa shape index (κ1) is 13.0. The van der Waals surface area contributed by atoms with E-state index in [1.54, 1.807) is 12.1 Å². The van der Waals surface area contributed by atoms with Crippen molar-refractivity contribution in [3.05, 3.63) is 53.1 Å². The Hall–Kier alpha value is -1.45. The lowest BCUT2D eigenvalue weighted by molar-refractivity contribution is 0.564. The predicted octanol–water partition coefficient (Wildman–Crippen LogP) is 3.86. The molecular weight excluding hydrogens is 244 g/mol. The molecule has 0 saturated heterocycles. The van der Waals surface area contributed by atoms with Gasteiger partial charge in [-0.2, -0.15) is 0 Å². The average Bonchev–Trinajstić information content (AvgIpc) is 2.28. The van der Waals surface area contributed by atoms with E-state index in [0.29, 0.717) is 4.90 Å². The first-order chi connectivity index (χ1) is 8.49. The zero-order valence-electron chi connectivity index (χ0n) is 10.7. The fourth-order valence-corrected chi connectivity index (χ4v) is 2.74. The van der Waals surface area contributed by atoms with Gasteiger partial charge in [0.1, 0.15) is 0 Å². The van der Waals surface area contributed by atoms with Crippen LogP contribution in [-0.4, -0.2) is 8.76 Å². The number of aryl methyl sites for hydroxylation is 3. The summed E-state index contributed by atoms with van der Waals surface area (Å²) in [6, 6.07) is 11.5. The molecule has 2 aromatic carbocycles. The van der Waals surface area contributed by atoms with Gasteiger partial charge in [0.25, 0.3) is 0 Å². The molecular formula is C15H16O2S. The summed E-state index contributed by atoms with van der Waals surface area (Å²) in [4.78, 5) is 0.432. The SMILES string of the molecule is Cc1cc(C)c(-c2ccc(S(=O)O)cc2)c(C)c1. The molecule has 0 radical (unpaired) electrons. The number of hydrogen-bond donors (Lipinski definition) is 1. The zero-order valence-corrected chi connectivity index (χ0v) is 11.5. The molecule has 1 atom stereocenters. The summed E-state index contributed by atoms with van der Waals surface area (Å²) in [5, 5.41) is 0. The van der Waals surface area contributed by atoms with Crippen LogP contribution in [0.1, 0.15) is 16.7 Å². The molecule has 0 aliphatic heterocycles. The van der Waals surface area contributed by atoms with Gasteiger partial charge in [-0.1, -0.05) is 29.8 Å². The van der Waals surface area contributed by atoms with Crippen molar-refractivity contribution in [1.29, 1.82) is 0 Å². The van der Waals surface area contributed by atoms with Gasteiger partial charge < -0.3 is 4.55 Å². The maximum absolute atomic E-state index is 10.9. The van der Waals surface area contributed by atoms with Crippen molar-refractivity contribution < 1.29 is 8.76 Å². The fourth-order valence-electron chi connectivity index (χ4n) is 2.37. The Morgan fingerprint density at radius 1 is 0.944 bits per heavy atom. The highest BCUT2D eigenvalue weighted by molar-refractivity contribution is 7.79. The molecule has 94 valence electrons. The lowest BCUT2D eigenvalue weighted by Crippen LogP contribution is -1.92. The molecule has 2 aromatic rings. The van der Waals surface area contributed by atoms with Crippen LogP contribution in [0.5, 0.6) is 0 Å². The molecule has 0 heterocycles. The van der Waals surface area contributed by atoms with Gasteiger partial charge in [0.15, 0.2) is 11.1 Å². The van der Waals surface area contributed by atoms with Gasteiger partial charge in [-0.25, -0.2) is 4.21 Å². The van der Waals surface area contributed by atoms with Crippen molar-refractivity contribution in [2.45, 2.75) is 25.7 Å². The van der Waals surface area contributed by atoms with E-state index in [9.17, 15) is 4.21 Å². The Morgan fingerprint density at radius 3 is 1.89 bits per heavy atom. The van der Waals surface area contributed by atoms with E-state index >= 15 is 0 Å². The largest absolute Gasteiger partial charge is 0.302 e. The highest BCUT2D eigenvalue weighted by atomic mass is 32.2. The highest BCUT2D eigenvalue weighted by Crippen LogP contribution is 2.28. The quantitative estimate of drug-likeness (QED) is 0.832. The normalized spacial score (nSPS) is 12.4. The van der Waals surface area contributed by atoms with Gasteiger partial charge in [0, 0.05) is 0 Å². The van der Waals surface area contributed by atoms with Gasteiger partial charge in [0.05, 0.1) is 4.90 Å². The first-order valence-corrected chi connectivity index (χ1v) is 6.89. The molecule has 3 heteroatoms. The van der Waals surface area contributed by atoms with Crippen molar-refractivity contribution in [2.24, 2.45) is 0 Å². The molecule has 2 nitrogen and oxygen atoms in total. The molecule has 0 aromatic heterocycles. The maximum atomic E-state index is 10.9. The molecule has 1 N–H and O–H groups in total. The Bertz CT molecular complexity index is 577. The lowest BCUT2D eigenvalue weighted by Gasteiger charge is -2.11. The molecule has 0 aliphatic carbocycles. The molecule has 2 rings (SSSR count). The fraction of sp³-hybridized carbons (Fsp3) is 0.200. The third-order valence-corrected chi connectivity index (χ3v) is 3.70. The van der Waals surface area contributed by atoms with Crippen molar-refractivity contribution in [1.82, 2.24) is 0 Å². The standard InChI is InChI=1S/C15H16O2S/c1-10-8-11(2)15(12(3)9-10)13-4-6-14(7-5-13)18(16)17/h4-9H,1-3H3,(H,16,17). The number of rotatable bonds is 2. The predicted molar refractivity (Wildman–Crippen MR) is 75.1 cm³/mol. The van der Waals surface area contributed by atoms with Gasteiger partial charge in [-0.15, -0.1) is 0 Å². The van der Waals surface area contributed by atoms with E-state index in [2.05, 4.69) is 32.9 Å². The van der Waals surface area contributed by atoms with Crippen LogP contribution in [0.25, 0.3) is 11.1 Å². The summed E-state index contributed by atoms with van der Waals surface area (Å²) in [5.41, 5.74) is 5.99. The molecule has 0 saturated carbocycles. The molecule has 0 amide bonds. The highest BCUT2D eigenvalue weighted by Gasteiger charge is 2.07. The van der Waals surface area contributed by atoms with Gasteiger partial charge >= 0.3 is 0 Å². The second kappa shape index (κ2) is 5.04. The molecule has 0 spiro atoms. The van der Waals surface area contributed by atoms with Crippen LogP contribution in [0.3, 0.4) is 0 Å². The van der Waals surface area contributed by atoms with Crippen LogP contribution in [0.2, 0.25) is 0 Å². The maximum Gasteiger partial charge on any atom is 0.186 e. The van der Waals surface area contributed by atoms with Crippen LogP contribution >= 0.6 is 0 Å². The van der Waals surface area contributed by atoms with Crippen molar-refractivity contribution in [3.8, 4) is 11.1 Å². The third kappa shape index (κ3) is 2.52. The van der Waals surface area contributed by atoms with Crippen LogP contribution in [0, 0.1) is 20.8 Å². The van der Waals surface area contributed by atoms with Crippen molar-refractivity contribution in [2.75, 3.05) is 0 Å². The third-order valence-electron chi connectivity index (χ3n) is 3.02.